The highest BCUT2D eigenvalue weighted by molar-refractivity contribution is 5.87. The Morgan fingerprint density at radius 3 is 1.42 bits per heavy atom. The first-order chi connectivity index (χ1) is 30.5. The van der Waals surface area contributed by atoms with E-state index in [9.17, 15) is 59.4 Å². The molecule has 10 N–H and O–H groups in total. The first-order valence-corrected chi connectivity index (χ1v) is 23.3. The highest BCUT2D eigenvalue weighted by Gasteiger charge is 2.43. The minimum atomic E-state index is -1.41. The molecular weight excluding hydrogens is 840 g/mol. The molecule has 2 fully saturated rings. The van der Waals surface area contributed by atoms with Gasteiger partial charge in [-0.2, -0.15) is 0 Å². The van der Waals surface area contributed by atoms with Crippen LogP contribution < -0.4 is 21.3 Å². The number of aliphatic hydroxyl groups is 6. The number of rotatable bonds is 34. The van der Waals surface area contributed by atoms with E-state index in [4.69, 9.17) is 18.9 Å². The predicted molar refractivity (Wildman–Crippen MR) is 231 cm³/mol. The number of unbranched alkanes of at least 4 members (excludes halogenated alkanes) is 5. The predicted octanol–water partition coefficient (Wildman–Crippen LogP) is 0.0780. The van der Waals surface area contributed by atoms with Crippen LogP contribution in [-0.2, 0) is 47.7 Å². The summed E-state index contributed by atoms with van der Waals surface area (Å²) in [5, 5.41) is 70.8. The van der Waals surface area contributed by atoms with Gasteiger partial charge >= 0.3 is 0 Å². The van der Waals surface area contributed by atoms with Gasteiger partial charge in [0.05, 0.1) is 25.4 Å². The van der Waals surface area contributed by atoms with Crippen molar-refractivity contribution in [3.05, 3.63) is 0 Å². The number of carbonyl (C=O) groups excluding carboxylic acids is 6. The molecule has 0 aromatic carbocycles. The van der Waals surface area contributed by atoms with Crippen LogP contribution in [0.5, 0.6) is 0 Å². The van der Waals surface area contributed by atoms with Crippen LogP contribution in [0.4, 0.5) is 0 Å². The maximum atomic E-state index is 13.1. The lowest BCUT2D eigenvalue weighted by Crippen LogP contribution is -2.57. The Kier molecular flexibility index (Phi) is 28.9. The molecule has 64 heavy (non-hydrogen) atoms. The number of nitrogens with one attached hydrogen (secondary N) is 4. The van der Waals surface area contributed by atoms with Crippen LogP contribution in [-0.4, -0.2) is 166 Å². The van der Waals surface area contributed by atoms with Crippen molar-refractivity contribution in [2.24, 2.45) is 0 Å². The van der Waals surface area contributed by atoms with Gasteiger partial charge in [-0.15, -0.1) is 0 Å². The molecule has 20 nitrogen and oxygen atoms in total. The summed E-state index contributed by atoms with van der Waals surface area (Å²) in [6.07, 6.45) is -3.58. The second kappa shape index (κ2) is 32.5. The molecule has 0 aliphatic carbocycles. The van der Waals surface area contributed by atoms with Crippen molar-refractivity contribution in [3.63, 3.8) is 0 Å². The summed E-state index contributed by atoms with van der Waals surface area (Å²) in [5.74, 6) is -0.808. The van der Waals surface area contributed by atoms with Crippen molar-refractivity contribution in [1.82, 2.24) is 21.3 Å². The average molecular weight is 919 g/mol. The Morgan fingerprint density at radius 1 is 0.484 bits per heavy atom. The van der Waals surface area contributed by atoms with Crippen LogP contribution in [0.25, 0.3) is 0 Å². The summed E-state index contributed by atoms with van der Waals surface area (Å²) in [4.78, 5) is 74.8. The standard InChI is InChI=1S/C44H78N4O16/c1-4-45-33(51)21-6-5-12-25-47-42(60)32(48-35(53)23-10-8-17-31(50)19-15-27-62-44-41(59)39(57)37(55)29(3)64-44)20-11-13-24-46-34(52)22-9-7-16-30(49)18-14-26-61-43-40(58)38(56)36(54)28(2)63-43/h28-29,32,36-41,43-44,54-59H,4-27H2,1-3H3,(H,45,51)(H,46,52)(H,47,60)(H,48,53)/t28-,29-,32-,36+,37+,38+,39+,40-,41-,43+,44+/m0/s1. The summed E-state index contributed by atoms with van der Waals surface area (Å²) >= 11 is 0. The van der Waals surface area contributed by atoms with Crippen LogP contribution >= 0.6 is 0 Å². The maximum absolute atomic E-state index is 13.1. The van der Waals surface area contributed by atoms with E-state index in [-0.39, 0.29) is 80.5 Å². The third-order valence-corrected chi connectivity index (χ3v) is 11.2. The molecule has 2 aliphatic heterocycles. The van der Waals surface area contributed by atoms with Crippen molar-refractivity contribution < 1.29 is 78.4 Å². The maximum Gasteiger partial charge on any atom is 0.242 e. The molecule has 0 aromatic rings. The topological polar surface area (TPSA) is 309 Å². The van der Waals surface area contributed by atoms with Crippen LogP contribution in [0.2, 0.25) is 0 Å². The molecule has 370 valence electrons. The molecule has 0 radical (unpaired) electrons. The molecule has 0 saturated carbocycles. The van der Waals surface area contributed by atoms with E-state index in [1.807, 2.05) is 6.92 Å². The van der Waals surface area contributed by atoms with E-state index in [0.717, 1.165) is 6.42 Å². The molecule has 4 amide bonds. The van der Waals surface area contributed by atoms with Gasteiger partial charge in [0.25, 0.3) is 0 Å². The van der Waals surface area contributed by atoms with E-state index < -0.39 is 67.5 Å². The average Bonchev–Trinajstić information content (AvgIpc) is 3.26. The summed E-state index contributed by atoms with van der Waals surface area (Å²) in [7, 11) is 0. The second-order valence-corrected chi connectivity index (χ2v) is 16.8. The number of aliphatic hydroxyl groups excluding tert-OH is 6. The van der Waals surface area contributed by atoms with Crippen molar-refractivity contribution in [2.75, 3.05) is 32.8 Å². The Hall–Kier alpha value is -3.18. The fourth-order valence-electron chi connectivity index (χ4n) is 7.24. The van der Waals surface area contributed by atoms with Gasteiger partial charge in [0.1, 0.15) is 54.2 Å². The van der Waals surface area contributed by atoms with E-state index in [1.54, 1.807) is 13.8 Å². The van der Waals surface area contributed by atoms with E-state index in [0.29, 0.717) is 103 Å². The molecule has 2 rings (SSSR count). The zero-order valence-corrected chi connectivity index (χ0v) is 38.1. The Balaban J connectivity index is 1.64. The number of ketones is 2. The summed E-state index contributed by atoms with van der Waals surface area (Å²) in [6, 6.07) is -0.791. The van der Waals surface area contributed by atoms with Crippen molar-refractivity contribution in [3.8, 4) is 0 Å². The molecule has 20 heteroatoms. The number of amides is 4. The SMILES string of the molecule is CCNC(=O)CCCCCNC(=O)[C@H](CCCCNC(=O)CCCCC(=O)CCCO[C@@H]1O[C@@H](C)[C@@H](O)[C@@H](O)[C@@H]1O)NC(=O)CCCCC(=O)CCCO[C@@H]1O[C@@H](C)[C@@H](O)[C@@H](O)[C@@H]1O. The smallest absolute Gasteiger partial charge is 0.242 e. The molecule has 0 bridgehead atoms. The van der Waals surface area contributed by atoms with Crippen LogP contribution in [0.3, 0.4) is 0 Å². The molecule has 2 aliphatic rings. The van der Waals surface area contributed by atoms with Gasteiger partial charge in [0.2, 0.25) is 23.6 Å². The fraction of sp³-hybridized carbons (Fsp3) is 0.864. The monoisotopic (exact) mass is 919 g/mol. The van der Waals surface area contributed by atoms with Gasteiger partial charge in [-0.25, -0.2) is 0 Å². The molecule has 0 aromatic heterocycles. The quantitative estimate of drug-likeness (QED) is 0.0382. The van der Waals surface area contributed by atoms with Crippen molar-refractivity contribution in [2.45, 2.75) is 210 Å². The molecule has 2 heterocycles. The molecule has 0 spiro atoms. The van der Waals surface area contributed by atoms with Crippen LogP contribution in [0.1, 0.15) is 143 Å². The van der Waals surface area contributed by atoms with Crippen molar-refractivity contribution >= 4 is 35.2 Å². The molecule has 0 unspecified atom stereocenters. The largest absolute Gasteiger partial charge is 0.388 e. The van der Waals surface area contributed by atoms with Gasteiger partial charge in [-0.3, -0.25) is 28.8 Å². The van der Waals surface area contributed by atoms with Crippen LogP contribution in [0, 0.1) is 0 Å². The number of hydrogen-bond donors (Lipinski definition) is 10. The lowest BCUT2D eigenvalue weighted by atomic mass is 10.00. The van der Waals surface area contributed by atoms with Gasteiger partial charge in [-0.05, 0) is 91.4 Å². The van der Waals surface area contributed by atoms with E-state index >= 15 is 0 Å². The van der Waals surface area contributed by atoms with Gasteiger partial charge in [-0.1, -0.05) is 6.42 Å². The summed E-state index contributed by atoms with van der Waals surface area (Å²) in [5.41, 5.74) is 0. The molecule has 11 atom stereocenters. The number of carbonyl (C=O) groups is 6. The van der Waals surface area contributed by atoms with Crippen LogP contribution in [0.15, 0.2) is 0 Å². The number of ether oxygens (including phenoxy) is 4. The summed E-state index contributed by atoms with van der Waals surface area (Å²) < 4.78 is 21.7. The van der Waals surface area contributed by atoms with Gasteiger partial charge in [0.15, 0.2) is 12.6 Å². The normalized spacial score (nSPS) is 26.1. The molecule has 2 saturated heterocycles. The first kappa shape index (κ1) is 56.9. The van der Waals surface area contributed by atoms with E-state index in [1.165, 1.54) is 0 Å². The Morgan fingerprint density at radius 2 is 0.906 bits per heavy atom. The second-order valence-electron chi connectivity index (χ2n) is 16.8. The lowest BCUT2D eigenvalue weighted by molar-refractivity contribution is -0.293. The third-order valence-electron chi connectivity index (χ3n) is 11.2. The minimum Gasteiger partial charge on any atom is -0.388 e. The Bertz CT molecular complexity index is 1390. The lowest BCUT2D eigenvalue weighted by Gasteiger charge is -2.38. The zero-order valence-electron chi connectivity index (χ0n) is 38.1. The highest BCUT2D eigenvalue weighted by atomic mass is 16.7. The van der Waals surface area contributed by atoms with Gasteiger partial charge in [0, 0.05) is 64.6 Å². The number of Topliss-reactive ketones (excluding diaryl/α,β-unsaturated/α-hetero) is 2. The first-order valence-electron chi connectivity index (χ1n) is 23.3. The Labute approximate surface area is 377 Å². The van der Waals surface area contributed by atoms with E-state index in [2.05, 4.69) is 21.3 Å². The third kappa shape index (κ3) is 22.8. The fourth-order valence-corrected chi connectivity index (χ4v) is 7.24. The number of hydrogen-bond acceptors (Lipinski definition) is 16. The van der Waals surface area contributed by atoms with Crippen molar-refractivity contribution in [1.29, 1.82) is 0 Å². The zero-order chi connectivity index (χ0) is 47.4. The molecular formula is C44H78N4O16. The highest BCUT2D eigenvalue weighted by Crippen LogP contribution is 2.23. The van der Waals surface area contributed by atoms with Gasteiger partial charge < -0.3 is 70.9 Å². The minimum absolute atomic E-state index is 0.0103. The summed E-state index contributed by atoms with van der Waals surface area (Å²) in [6.45, 7) is 6.54.